The van der Waals surface area contributed by atoms with Crippen molar-refractivity contribution in [1.29, 1.82) is 0 Å². The Morgan fingerprint density at radius 2 is 1.78 bits per heavy atom. The van der Waals surface area contributed by atoms with E-state index in [1.165, 1.54) is 12.1 Å². The van der Waals surface area contributed by atoms with Gasteiger partial charge in [0.2, 0.25) is 5.95 Å². The quantitative estimate of drug-likeness (QED) is 0.475. The van der Waals surface area contributed by atoms with Crippen LogP contribution < -0.4 is 10.2 Å². The van der Waals surface area contributed by atoms with E-state index < -0.39 is 0 Å². The first-order valence-electron chi connectivity index (χ1n) is 10.5. The number of nitrogens with zero attached hydrogens (tertiary/aromatic N) is 5. The summed E-state index contributed by atoms with van der Waals surface area (Å²) in [7, 11) is 2.12. The summed E-state index contributed by atoms with van der Waals surface area (Å²) in [5.74, 6) is 0.993. The van der Waals surface area contributed by atoms with Crippen LogP contribution in [0.5, 0.6) is 0 Å². The highest BCUT2D eigenvalue weighted by molar-refractivity contribution is 6.30. The molecule has 1 N–H and O–H groups in total. The molecule has 1 saturated heterocycles. The molecule has 6 nitrogen and oxygen atoms in total. The van der Waals surface area contributed by atoms with Gasteiger partial charge >= 0.3 is 0 Å². The van der Waals surface area contributed by atoms with Gasteiger partial charge < -0.3 is 15.1 Å². The molecule has 1 fully saturated rings. The Hall–Kier alpha value is -3.29. The van der Waals surface area contributed by atoms with Crippen molar-refractivity contribution in [3.8, 4) is 11.3 Å². The fraction of sp³-hybridized carbons (Fsp3) is 0.208. The topological polar surface area (TPSA) is 57.2 Å². The molecule has 0 saturated carbocycles. The van der Waals surface area contributed by atoms with Crippen molar-refractivity contribution in [3.05, 3.63) is 71.6 Å². The molecule has 32 heavy (non-hydrogen) atoms. The first kappa shape index (κ1) is 20.6. The molecule has 0 bridgehead atoms. The molecule has 1 aliphatic heterocycles. The first-order chi connectivity index (χ1) is 15.6. The number of hydrogen-bond acceptors (Lipinski definition) is 6. The van der Waals surface area contributed by atoms with Gasteiger partial charge in [0.25, 0.3) is 0 Å². The Labute approximate surface area is 190 Å². The van der Waals surface area contributed by atoms with E-state index in [-0.39, 0.29) is 5.82 Å². The maximum Gasteiger partial charge on any atom is 0.227 e. The lowest BCUT2D eigenvalue weighted by Crippen LogP contribution is -2.45. The molecule has 2 aromatic heterocycles. The minimum atomic E-state index is -0.373. The number of para-hydroxylation sites is 1. The van der Waals surface area contributed by atoms with Gasteiger partial charge in [-0.25, -0.2) is 14.4 Å². The second-order valence-corrected chi connectivity index (χ2v) is 8.29. The van der Waals surface area contributed by atoms with E-state index in [2.05, 4.69) is 32.1 Å². The molecule has 8 heteroatoms. The standard InChI is InChI=1S/C24H22ClFN6/c1-31-10-12-32(13-11-31)24-27-9-8-23(30-24)29-21-15-22(18-14-16(25)6-7-19(18)26)28-20-5-3-2-4-17(20)21/h2-9,14-15H,10-13H2,1H3,(H,27,28,29,30). The summed E-state index contributed by atoms with van der Waals surface area (Å²) in [6.07, 6.45) is 1.75. The van der Waals surface area contributed by atoms with Crippen molar-refractivity contribution < 1.29 is 4.39 Å². The summed E-state index contributed by atoms with van der Waals surface area (Å²) < 4.78 is 14.6. The van der Waals surface area contributed by atoms with Gasteiger partial charge in [-0.1, -0.05) is 29.8 Å². The number of piperazine rings is 1. The Morgan fingerprint density at radius 3 is 2.62 bits per heavy atom. The maximum absolute atomic E-state index is 14.6. The Bertz CT molecular complexity index is 1270. The number of fused-ring (bicyclic) bond motifs is 1. The van der Waals surface area contributed by atoms with Gasteiger partial charge in [-0.15, -0.1) is 0 Å². The van der Waals surface area contributed by atoms with Crippen LogP contribution in [0.2, 0.25) is 5.02 Å². The second kappa shape index (κ2) is 8.68. The van der Waals surface area contributed by atoms with Crippen LogP contribution in [-0.2, 0) is 0 Å². The lowest BCUT2D eigenvalue weighted by Gasteiger charge is -2.32. The van der Waals surface area contributed by atoms with Gasteiger partial charge in [0.15, 0.2) is 0 Å². The van der Waals surface area contributed by atoms with Crippen LogP contribution >= 0.6 is 11.6 Å². The SMILES string of the molecule is CN1CCN(c2nccc(Nc3cc(-c4cc(Cl)ccc4F)nc4ccccc34)n2)CC1. The third-order valence-corrected chi connectivity index (χ3v) is 5.85. The number of pyridine rings is 1. The third kappa shape index (κ3) is 4.22. The summed E-state index contributed by atoms with van der Waals surface area (Å²) in [5, 5.41) is 4.77. The second-order valence-electron chi connectivity index (χ2n) is 7.85. The number of benzene rings is 2. The monoisotopic (exact) mass is 448 g/mol. The zero-order valence-corrected chi connectivity index (χ0v) is 18.3. The zero-order chi connectivity index (χ0) is 22.1. The number of anilines is 3. The van der Waals surface area contributed by atoms with E-state index in [1.807, 2.05) is 36.4 Å². The lowest BCUT2D eigenvalue weighted by atomic mass is 10.1. The molecule has 2 aromatic carbocycles. The van der Waals surface area contributed by atoms with Crippen molar-refractivity contribution >= 4 is 40.0 Å². The Kier molecular flexibility index (Phi) is 5.59. The number of rotatable bonds is 4. The molecule has 0 amide bonds. The summed E-state index contributed by atoms with van der Waals surface area (Å²) in [6.45, 7) is 3.72. The molecule has 162 valence electrons. The van der Waals surface area contributed by atoms with Crippen LogP contribution in [0.25, 0.3) is 22.2 Å². The zero-order valence-electron chi connectivity index (χ0n) is 17.6. The maximum atomic E-state index is 14.6. The van der Waals surface area contributed by atoms with Gasteiger partial charge in [-0.05, 0) is 43.4 Å². The van der Waals surface area contributed by atoms with Crippen molar-refractivity contribution in [2.24, 2.45) is 0 Å². The molecular weight excluding hydrogens is 427 g/mol. The molecule has 0 spiro atoms. The normalized spacial score (nSPS) is 14.7. The van der Waals surface area contributed by atoms with Crippen molar-refractivity contribution in [1.82, 2.24) is 19.9 Å². The van der Waals surface area contributed by atoms with Crippen LogP contribution in [0.3, 0.4) is 0 Å². The van der Waals surface area contributed by atoms with Gasteiger partial charge in [-0.3, -0.25) is 0 Å². The average Bonchev–Trinajstić information content (AvgIpc) is 2.81. The number of hydrogen-bond donors (Lipinski definition) is 1. The Morgan fingerprint density at radius 1 is 0.969 bits per heavy atom. The predicted molar refractivity (Wildman–Crippen MR) is 127 cm³/mol. The van der Waals surface area contributed by atoms with Crippen LogP contribution in [0.4, 0.5) is 21.8 Å². The van der Waals surface area contributed by atoms with E-state index in [4.69, 9.17) is 16.6 Å². The molecule has 1 aliphatic rings. The van der Waals surface area contributed by atoms with Crippen molar-refractivity contribution in [2.75, 3.05) is 43.4 Å². The number of nitrogens with one attached hydrogen (secondary N) is 1. The van der Waals surface area contributed by atoms with Crippen molar-refractivity contribution in [3.63, 3.8) is 0 Å². The van der Waals surface area contributed by atoms with Crippen LogP contribution in [0.1, 0.15) is 0 Å². The van der Waals surface area contributed by atoms with Gasteiger partial charge in [0.1, 0.15) is 11.6 Å². The number of likely N-dealkylation sites (N-methyl/N-ethyl adjacent to an activating group) is 1. The molecule has 5 rings (SSSR count). The summed E-state index contributed by atoms with van der Waals surface area (Å²) in [4.78, 5) is 18.3. The van der Waals surface area contributed by atoms with E-state index >= 15 is 0 Å². The van der Waals surface area contributed by atoms with Crippen LogP contribution in [-0.4, -0.2) is 53.1 Å². The predicted octanol–water partition coefficient (Wildman–Crippen LogP) is 4.98. The van der Waals surface area contributed by atoms with Crippen LogP contribution in [0, 0.1) is 5.82 Å². The summed E-state index contributed by atoms with van der Waals surface area (Å²) in [6, 6.07) is 15.9. The Balaban J connectivity index is 1.53. The fourth-order valence-corrected chi connectivity index (χ4v) is 4.00. The van der Waals surface area contributed by atoms with Crippen LogP contribution in [0.15, 0.2) is 60.8 Å². The number of halogens is 2. The molecule has 0 atom stereocenters. The highest BCUT2D eigenvalue weighted by Gasteiger charge is 2.17. The van der Waals surface area contributed by atoms with Gasteiger partial charge in [-0.2, -0.15) is 4.98 Å². The number of aromatic nitrogens is 3. The molecule has 0 aliphatic carbocycles. The summed E-state index contributed by atoms with van der Waals surface area (Å²) >= 11 is 6.12. The van der Waals surface area contributed by atoms with E-state index in [9.17, 15) is 4.39 Å². The third-order valence-electron chi connectivity index (χ3n) is 5.61. The first-order valence-corrected chi connectivity index (χ1v) is 10.8. The molecule has 0 radical (unpaired) electrons. The molecular formula is C24H22ClFN6. The average molecular weight is 449 g/mol. The minimum Gasteiger partial charge on any atom is -0.339 e. The smallest absolute Gasteiger partial charge is 0.227 e. The van der Waals surface area contributed by atoms with E-state index in [1.54, 1.807) is 12.3 Å². The van der Waals surface area contributed by atoms with Crippen molar-refractivity contribution in [2.45, 2.75) is 0 Å². The molecule has 0 unspecified atom stereocenters. The highest BCUT2D eigenvalue weighted by atomic mass is 35.5. The minimum absolute atomic E-state index is 0.354. The highest BCUT2D eigenvalue weighted by Crippen LogP contribution is 2.32. The summed E-state index contributed by atoms with van der Waals surface area (Å²) in [5.41, 5.74) is 2.39. The molecule has 4 aromatic rings. The van der Waals surface area contributed by atoms with E-state index in [0.29, 0.717) is 28.0 Å². The molecule has 3 heterocycles. The van der Waals surface area contributed by atoms with Gasteiger partial charge in [0.05, 0.1) is 16.9 Å². The van der Waals surface area contributed by atoms with Gasteiger partial charge in [0, 0.05) is 48.3 Å². The lowest BCUT2D eigenvalue weighted by molar-refractivity contribution is 0.311. The largest absolute Gasteiger partial charge is 0.339 e. The fourth-order valence-electron chi connectivity index (χ4n) is 3.83. The van der Waals surface area contributed by atoms with E-state index in [0.717, 1.165) is 42.8 Å².